The second-order valence-corrected chi connectivity index (χ2v) is 7.72. The standard InChI is InChI=1S/C20H28Cl2N4O3/c1-3-12(2)19(23)16(27)9-4-5-10-17(28)25-20(24)26-18(29)11-13-14(21)7-6-8-15(13)22/h6-8,12,19H,3-5,9-11,23H2,1-2H3,(H3,24,25,26,28,29)/t12?,19-/m1/s1. The normalized spacial score (nSPS) is 13.6. The molecule has 0 fully saturated rings. The number of rotatable bonds is 10. The van der Waals surface area contributed by atoms with Crippen molar-refractivity contribution in [2.24, 2.45) is 22.4 Å². The lowest BCUT2D eigenvalue weighted by Gasteiger charge is -2.16. The number of hydrogen-bond acceptors (Lipinski definition) is 4. The summed E-state index contributed by atoms with van der Waals surface area (Å²) in [7, 11) is 0. The van der Waals surface area contributed by atoms with Crippen molar-refractivity contribution in [3.63, 3.8) is 0 Å². The molecular formula is C20H28Cl2N4O3. The molecule has 1 aromatic rings. The second kappa shape index (κ2) is 12.6. The molecule has 0 aliphatic heterocycles. The van der Waals surface area contributed by atoms with Gasteiger partial charge in [-0.25, -0.2) is 0 Å². The van der Waals surface area contributed by atoms with E-state index in [9.17, 15) is 14.4 Å². The zero-order valence-electron chi connectivity index (χ0n) is 16.7. The molecule has 5 N–H and O–H groups in total. The van der Waals surface area contributed by atoms with Crippen molar-refractivity contribution < 1.29 is 14.4 Å². The Hall–Kier alpha value is -1.96. The zero-order valence-corrected chi connectivity index (χ0v) is 18.2. The van der Waals surface area contributed by atoms with Crippen LogP contribution in [-0.2, 0) is 20.8 Å². The van der Waals surface area contributed by atoms with Crippen LogP contribution in [0.1, 0.15) is 51.5 Å². The zero-order chi connectivity index (χ0) is 22.0. The Labute approximate surface area is 181 Å². The molecular weight excluding hydrogens is 415 g/mol. The van der Waals surface area contributed by atoms with Crippen LogP contribution in [0, 0.1) is 5.92 Å². The predicted molar refractivity (Wildman–Crippen MR) is 116 cm³/mol. The van der Waals surface area contributed by atoms with Gasteiger partial charge < -0.3 is 11.5 Å². The Morgan fingerprint density at radius 3 is 2.31 bits per heavy atom. The summed E-state index contributed by atoms with van der Waals surface area (Å²) in [6.07, 6.45) is 2.22. The van der Waals surface area contributed by atoms with Gasteiger partial charge in [0.25, 0.3) is 0 Å². The first kappa shape index (κ1) is 25.1. The van der Waals surface area contributed by atoms with E-state index >= 15 is 0 Å². The van der Waals surface area contributed by atoms with E-state index in [1.54, 1.807) is 18.2 Å². The number of amides is 2. The summed E-state index contributed by atoms with van der Waals surface area (Å²) < 4.78 is 0. The van der Waals surface area contributed by atoms with E-state index in [1.165, 1.54) is 0 Å². The minimum atomic E-state index is -0.487. The molecule has 29 heavy (non-hydrogen) atoms. The maximum Gasteiger partial charge on any atom is 0.248 e. The quantitative estimate of drug-likeness (QED) is 0.291. The van der Waals surface area contributed by atoms with Crippen LogP contribution in [0.3, 0.4) is 0 Å². The van der Waals surface area contributed by atoms with Gasteiger partial charge in [-0.3, -0.25) is 19.7 Å². The summed E-state index contributed by atoms with van der Waals surface area (Å²) in [6, 6.07) is 4.45. The van der Waals surface area contributed by atoms with E-state index in [2.05, 4.69) is 10.3 Å². The van der Waals surface area contributed by atoms with Gasteiger partial charge in [-0.15, -0.1) is 0 Å². The Balaban J connectivity index is 2.40. The van der Waals surface area contributed by atoms with E-state index in [0.717, 1.165) is 6.42 Å². The number of nitrogens with zero attached hydrogens (tertiary/aromatic N) is 1. The summed E-state index contributed by atoms with van der Waals surface area (Å²) in [4.78, 5) is 39.5. The summed E-state index contributed by atoms with van der Waals surface area (Å²) in [5, 5.41) is 3.06. The minimum Gasteiger partial charge on any atom is -0.369 e. The van der Waals surface area contributed by atoms with Gasteiger partial charge in [0, 0.05) is 22.9 Å². The van der Waals surface area contributed by atoms with Crippen molar-refractivity contribution in [3.8, 4) is 0 Å². The molecule has 7 nitrogen and oxygen atoms in total. The van der Waals surface area contributed by atoms with Gasteiger partial charge in [0.05, 0.1) is 12.5 Å². The van der Waals surface area contributed by atoms with Gasteiger partial charge in [-0.2, -0.15) is 4.99 Å². The van der Waals surface area contributed by atoms with Crippen LogP contribution in [0.2, 0.25) is 10.0 Å². The van der Waals surface area contributed by atoms with Gasteiger partial charge in [0.1, 0.15) is 5.78 Å². The summed E-state index contributed by atoms with van der Waals surface area (Å²) in [5.74, 6) is -1.12. The first-order chi connectivity index (χ1) is 13.6. The molecule has 0 aliphatic carbocycles. The number of guanidine groups is 1. The highest BCUT2D eigenvalue weighted by Crippen LogP contribution is 2.24. The molecule has 0 spiro atoms. The minimum absolute atomic E-state index is 0.000288. The average Bonchev–Trinajstić information content (AvgIpc) is 2.66. The molecule has 0 aromatic heterocycles. The van der Waals surface area contributed by atoms with Gasteiger partial charge in [-0.1, -0.05) is 49.5 Å². The third-order valence-electron chi connectivity index (χ3n) is 4.60. The number of hydrogen-bond donors (Lipinski definition) is 3. The lowest BCUT2D eigenvalue weighted by Crippen LogP contribution is -2.38. The van der Waals surface area contributed by atoms with E-state index in [1.807, 2.05) is 13.8 Å². The van der Waals surface area contributed by atoms with Crippen molar-refractivity contribution in [3.05, 3.63) is 33.8 Å². The third kappa shape index (κ3) is 8.94. The first-order valence-corrected chi connectivity index (χ1v) is 10.3. The number of nitrogens with one attached hydrogen (secondary N) is 1. The number of carbonyl (C=O) groups is 3. The molecule has 1 rings (SSSR count). The van der Waals surface area contributed by atoms with Crippen molar-refractivity contribution >= 4 is 46.8 Å². The summed E-state index contributed by atoms with van der Waals surface area (Å²) in [6.45, 7) is 3.93. The Kier molecular flexibility index (Phi) is 10.9. The highest BCUT2D eigenvalue weighted by molar-refractivity contribution is 6.36. The molecule has 160 valence electrons. The van der Waals surface area contributed by atoms with E-state index in [4.69, 9.17) is 34.7 Å². The topological polar surface area (TPSA) is 128 Å². The lowest BCUT2D eigenvalue weighted by molar-refractivity contribution is -0.122. The summed E-state index contributed by atoms with van der Waals surface area (Å²) >= 11 is 12.0. The van der Waals surface area contributed by atoms with Crippen LogP contribution in [0.4, 0.5) is 0 Å². The first-order valence-electron chi connectivity index (χ1n) is 9.53. The Morgan fingerprint density at radius 2 is 1.72 bits per heavy atom. The van der Waals surface area contributed by atoms with Crippen LogP contribution in [0.5, 0.6) is 0 Å². The van der Waals surface area contributed by atoms with Crippen LogP contribution in [-0.4, -0.2) is 29.6 Å². The van der Waals surface area contributed by atoms with Crippen LogP contribution < -0.4 is 16.8 Å². The maximum absolute atomic E-state index is 12.0. The van der Waals surface area contributed by atoms with Crippen molar-refractivity contribution in [2.75, 3.05) is 0 Å². The fourth-order valence-electron chi connectivity index (χ4n) is 2.58. The maximum atomic E-state index is 12.0. The van der Waals surface area contributed by atoms with Crippen LogP contribution >= 0.6 is 23.2 Å². The molecule has 0 radical (unpaired) electrons. The smallest absolute Gasteiger partial charge is 0.248 e. The molecule has 0 bridgehead atoms. The third-order valence-corrected chi connectivity index (χ3v) is 5.31. The molecule has 2 atom stereocenters. The highest BCUT2D eigenvalue weighted by Gasteiger charge is 2.18. The monoisotopic (exact) mass is 442 g/mol. The highest BCUT2D eigenvalue weighted by atomic mass is 35.5. The average molecular weight is 443 g/mol. The van der Waals surface area contributed by atoms with E-state index in [0.29, 0.717) is 34.9 Å². The molecule has 2 amide bonds. The van der Waals surface area contributed by atoms with Gasteiger partial charge in [-0.05, 0) is 36.5 Å². The number of unbranched alkanes of at least 4 members (excludes halogenated alkanes) is 1. The second-order valence-electron chi connectivity index (χ2n) is 6.90. The predicted octanol–water partition coefficient (Wildman–Crippen LogP) is 3.00. The molecule has 9 heteroatoms. The molecule has 1 aromatic carbocycles. The molecule has 0 aliphatic rings. The summed E-state index contributed by atoms with van der Waals surface area (Å²) in [5.41, 5.74) is 12.0. The largest absolute Gasteiger partial charge is 0.369 e. The van der Waals surface area contributed by atoms with E-state index < -0.39 is 17.9 Å². The Morgan fingerprint density at radius 1 is 1.14 bits per heavy atom. The molecule has 0 heterocycles. The number of Topliss-reactive ketones (excluding diaryl/α,β-unsaturated/α-hetero) is 1. The molecule has 1 unspecified atom stereocenters. The van der Waals surface area contributed by atoms with Gasteiger partial charge in [0.15, 0.2) is 0 Å². The fourth-order valence-corrected chi connectivity index (χ4v) is 3.11. The number of carbonyl (C=O) groups excluding carboxylic acids is 3. The molecule has 0 saturated carbocycles. The number of ketones is 1. The molecule has 0 saturated heterocycles. The van der Waals surface area contributed by atoms with Crippen molar-refractivity contribution in [2.45, 2.75) is 58.4 Å². The lowest BCUT2D eigenvalue weighted by atomic mass is 9.94. The number of halogens is 2. The van der Waals surface area contributed by atoms with Crippen molar-refractivity contribution in [1.29, 1.82) is 0 Å². The van der Waals surface area contributed by atoms with Crippen LogP contribution in [0.15, 0.2) is 23.2 Å². The number of benzene rings is 1. The van der Waals surface area contributed by atoms with Gasteiger partial charge >= 0.3 is 0 Å². The van der Waals surface area contributed by atoms with Crippen molar-refractivity contribution in [1.82, 2.24) is 5.32 Å². The SMILES string of the molecule is CCC(C)[C@@H](N)C(=O)CCCCC(=O)N=C(N)NC(=O)Cc1c(Cl)cccc1Cl. The fraction of sp³-hybridized carbons (Fsp3) is 0.500. The van der Waals surface area contributed by atoms with Crippen LogP contribution in [0.25, 0.3) is 0 Å². The number of nitrogens with two attached hydrogens (primary N) is 2. The number of aliphatic imine (C=N–C) groups is 1. The van der Waals surface area contributed by atoms with E-state index in [-0.39, 0.29) is 30.5 Å². The Bertz CT molecular complexity index is 748. The van der Waals surface area contributed by atoms with Gasteiger partial charge in [0.2, 0.25) is 17.8 Å².